The van der Waals surface area contributed by atoms with Gasteiger partial charge in [0.25, 0.3) is 0 Å². The van der Waals surface area contributed by atoms with Crippen molar-refractivity contribution in [2.24, 2.45) is 16.8 Å². The highest BCUT2D eigenvalue weighted by Crippen LogP contribution is 2.20. The molecule has 0 atom stereocenters. The normalized spacial score (nSPS) is 22.0. The number of nitrogens with one attached hydrogen (secondary N) is 1. The predicted molar refractivity (Wildman–Crippen MR) is 86.1 cm³/mol. The van der Waals surface area contributed by atoms with E-state index in [4.69, 9.17) is 10.6 Å². The summed E-state index contributed by atoms with van der Waals surface area (Å²) in [4.78, 5) is 9.46. The first-order chi connectivity index (χ1) is 10.3. The summed E-state index contributed by atoms with van der Waals surface area (Å²) in [5.41, 5.74) is 2.76. The van der Waals surface area contributed by atoms with Crippen LogP contribution in [0.4, 0.5) is 0 Å². The molecule has 0 aliphatic carbocycles. The number of nitrogens with two attached hydrogens (primary N) is 1. The second kappa shape index (κ2) is 9.23. The van der Waals surface area contributed by atoms with Crippen molar-refractivity contribution in [1.29, 1.82) is 0 Å². The second-order valence-corrected chi connectivity index (χ2v) is 6.13. The van der Waals surface area contributed by atoms with Gasteiger partial charge in [-0.1, -0.05) is 0 Å². The molecule has 2 fully saturated rings. The van der Waals surface area contributed by atoms with Crippen molar-refractivity contribution in [2.75, 3.05) is 53.0 Å². The molecule has 0 amide bonds. The van der Waals surface area contributed by atoms with E-state index in [1.54, 1.807) is 7.11 Å². The molecule has 0 unspecified atom stereocenters. The lowest BCUT2D eigenvalue weighted by Gasteiger charge is -2.35. The zero-order chi connectivity index (χ0) is 14.9. The Labute approximate surface area is 128 Å². The number of hydrazine groups is 1. The molecule has 0 aromatic heterocycles. The molecule has 0 aromatic rings. The molecule has 6 nitrogen and oxygen atoms in total. The quantitative estimate of drug-likeness (QED) is 0.248. The Bertz CT molecular complexity index is 309. The Morgan fingerprint density at radius 1 is 1.24 bits per heavy atom. The molecule has 2 rings (SSSR count). The number of methoxy groups -OCH3 is 1. The lowest BCUT2D eigenvalue weighted by Crippen LogP contribution is -2.49. The van der Waals surface area contributed by atoms with Crippen molar-refractivity contribution in [1.82, 2.24) is 15.2 Å². The second-order valence-electron chi connectivity index (χ2n) is 6.13. The molecule has 0 aromatic carbocycles. The number of hydrogen-bond acceptors (Lipinski definition) is 4. The fourth-order valence-corrected chi connectivity index (χ4v) is 3.29. The minimum absolute atomic E-state index is 0.749. The van der Waals surface area contributed by atoms with Crippen LogP contribution in [0.3, 0.4) is 0 Å². The van der Waals surface area contributed by atoms with Crippen molar-refractivity contribution >= 4 is 5.96 Å². The number of hydrogen-bond donors (Lipinski definition) is 2. The van der Waals surface area contributed by atoms with E-state index in [-0.39, 0.29) is 0 Å². The van der Waals surface area contributed by atoms with E-state index in [2.05, 4.69) is 20.2 Å². The van der Waals surface area contributed by atoms with E-state index in [0.717, 1.165) is 44.5 Å². The zero-order valence-electron chi connectivity index (χ0n) is 13.4. The van der Waals surface area contributed by atoms with E-state index >= 15 is 0 Å². The van der Waals surface area contributed by atoms with Crippen molar-refractivity contribution in [2.45, 2.75) is 32.1 Å². The molecule has 21 heavy (non-hydrogen) atoms. The fraction of sp³-hybridized carbons (Fsp3) is 0.933. The van der Waals surface area contributed by atoms with Crippen LogP contribution in [0.2, 0.25) is 0 Å². The van der Waals surface area contributed by atoms with Crippen LogP contribution in [0, 0.1) is 5.92 Å². The number of ether oxygens (including phenoxy) is 1. The molecule has 2 heterocycles. The lowest BCUT2D eigenvalue weighted by molar-refractivity contribution is 0.194. The van der Waals surface area contributed by atoms with Crippen molar-refractivity contribution in [3.63, 3.8) is 0 Å². The highest BCUT2D eigenvalue weighted by molar-refractivity contribution is 5.79. The molecule has 3 N–H and O–H groups in total. The van der Waals surface area contributed by atoms with Gasteiger partial charge in [0.2, 0.25) is 5.96 Å². The molecular weight excluding hydrogens is 266 g/mol. The third kappa shape index (κ3) is 5.45. The molecule has 6 heteroatoms. The van der Waals surface area contributed by atoms with Crippen molar-refractivity contribution < 1.29 is 4.74 Å². The van der Waals surface area contributed by atoms with Crippen LogP contribution in [-0.2, 0) is 4.74 Å². The highest BCUT2D eigenvalue weighted by Gasteiger charge is 2.24. The molecule has 122 valence electrons. The molecule has 2 saturated heterocycles. The number of nitrogens with zero attached hydrogens (tertiary/aromatic N) is 3. The first-order valence-corrected chi connectivity index (χ1v) is 8.30. The molecular formula is C15H31N5O. The maximum absolute atomic E-state index is 5.62. The first-order valence-electron chi connectivity index (χ1n) is 8.30. The fourth-order valence-electron chi connectivity index (χ4n) is 3.29. The average molecular weight is 297 g/mol. The topological polar surface area (TPSA) is 66.1 Å². The van der Waals surface area contributed by atoms with Crippen LogP contribution in [-0.4, -0.2) is 68.7 Å². The standard InChI is InChI=1S/C15H31N5O/c1-21-12-4-7-17-15(18-16)20-10-5-14(6-11-20)13-19-8-2-3-9-19/h14H,2-13,16H2,1H3,(H,17,18). The maximum atomic E-state index is 5.62. The molecule has 0 radical (unpaired) electrons. The SMILES string of the molecule is COCCCN=C(NN)N1CCC(CN2CCCC2)CC1. The predicted octanol–water partition coefficient (Wildman–Crippen LogP) is 0.650. The number of likely N-dealkylation sites (tertiary alicyclic amines) is 2. The van der Waals surface area contributed by atoms with Gasteiger partial charge >= 0.3 is 0 Å². The summed E-state index contributed by atoms with van der Waals surface area (Å²) in [6.45, 7) is 7.52. The van der Waals surface area contributed by atoms with Gasteiger partial charge in [-0.3, -0.25) is 10.4 Å². The minimum atomic E-state index is 0.749. The molecule has 0 spiro atoms. The monoisotopic (exact) mass is 297 g/mol. The largest absolute Gasteiger partial charge is 0.385 e. The summed E-state index contributed by atoms with van der Waals surface area (Å²) in [6, 6.07) is 0. The summed E-state index contributed by atoms with van der Waals surface area (Å²) >= 11 is 0. The van der Waals surface area contributed by atoms with Crippen LogP contribution < -0.4 is 11.3 Å². The maximum Gasteiger partial charge on any atom is 0.208 e. The Morgan fingerprint density at radius 2 is 1.95 bits per heavy atom. The Morgan fingerprint density at radius 3 is 2.57 bits per heavy atom. The molecule has 0 bridgehead atoms. The van der Waals surface area contributed by atoms with Crippen molar-refractivity contribution in [3.05, 3.63) is 0 Å². The van der Waals surface area contributed by atoms with Gasteiger partial charge in [-0.05, 0) is 51.1 Å². The Balaban J connectivity index is 1.70. The zero-order valence-corrected chi connectivity index (χ0v) is 13.4. The van der Waals surface area contributed by atoms with Gasteiger partial charge in [0.1, 0.15) is 0 Å². The highest BCUT2D eigenvalue weighted by atomic mass is 16.5. The van der Waals surface area contributed by atoms with E-state index in [9.17, 15) is 0 Å². The minimum Gasteiger partial charge on any atom is -0.385 e. The first kappa shape index (κ1) is 16.5. The molecule has 2 aliphatic heterocycles. The number of rotatable bonds is 6. The van der Waals surface area contributed by atoms with Gasteiger partial charge in [-0.2, -0.15) is 0 Å². The van der Waals surface area contributed by atoms with Crippen LogP contribution >= 0.6 is 0 Å². The third-order valence-electron chi connectivity index (χ3n) is 4.53. The van der Waals surface area contributed by atoms with Gasteiger partial charge in [-0.25, -0.2) is 5.84 Å². The van der Waals surface area contributed by atoms with E-state index in [1.807, 2.05) is 0 Å². The van der Waals surface area contributed by atoms with Gasteiger partial charge in [-0.15, -0.1) is 0 Å². The van der Waals surface area contributed by atoms with Crippen molar-refractivity contribution in [3.8, 4) is 0 Å². The van der Waals surface area contributed by atoms with Gasteiger partial charge in [0, 0.05) is 39.9 Å². The molecule has 2 aliphatic rings. The molecule has 0 saturated carbocycles. The summed E-state index contributed by atoms with van der Waals surface area (Å²) in [6.07, 6.45) is 6.19. The summed E-state index contributed by atoms with van der Waals surface area (Å²) in [5.74, 6) is 7.30. The summed E-state index contributed by atoms with van der Waals surface area (Å²) < 4.78 is 5.04. The van der Waals surface area contributed by atoms with E-state index in [0.29, 0.717) is 0 Å². The van der Waals surface area contributed by atoms with Gasteiger partial charge in [0.05, 0.1) is 0 Å². The Hall–Kier alpha value is -0.850. The van der Waals surface area contributed by atoms with Gasteiger partial charge in [0.15, 0.2) is 0 Å². The summed E-state index contributed by atoms with van der Waals surface area (Å²) in [7, 11) is 1.72. The van der Waals surface area contributed by atoms with Crippen LogP contribution in [0.25, 0.3) is 0 Å². The Kier molecular flexibility index (Phi) is 7.26. The van der Waals surface area contributed by atoms with Crippen LogP contribution in [0.5, 0.6) is 0 Å². The van der Waals surface area contributed by atoms with Crippen LogP contribution in [0.1, 0.15) is 32.1 Å². The average Bonchev–Trinajstić information content (AvgIpc) is 3.02. The van der Waals surface area contributed by atoms with Gasteiger partial charge < -0.3 is 14.5 Å². The van der Waals surface area contributed by atoms with E-state index in [1.165, 1.54) is 45.3 Å². The smallest absolute Gasteiger partial charge is 0.208 e. The van der Waals surface area contributed by atoms with Crippen LogP contribution in [0.15, 0.2) is 4.99 Å². The third-order valence-corrected chi connectivity index (χ3v) is 4.53. The van der Waals surface area contributed by atoms with E-state index < -0.39 is 0 Å². The summed E-state index contributed by atoms with van der Waals surface area (Å²) in [5, 5.41) is 0. The number of guanidine groups is 1. The number of aliphatic imine (C=N–C) groups is 1. The number of piperidine rings is 1. The lowest BCUT2D eigenvalue weighted by atomic mass is 9.96.